The molecule has 1 fully saturated rings. The lowest BCUT2D eigenvalue weighted by molar-refractivity contribution is -0.114. The molecule has 29 heavy (non-hydrogen) atoms. The number of amides is 3. The van der Waals surface area contributed by atoms with Crippen LogP contribution in [0.4, 0.5) is 11.4 Å². The molecular formula is C22H26N4O3. The first-order valence-electron chi connectivity index (χ1n) is 9.88. The predicted molar refractivity (Wildman–Crippen MR) is 113 cm³/mol. The molecule has 0 bridgehead atoms. The number of benzene rings is 2. The summed E-state index contributed by atoms with van der Waals surface area (Å²) < 4.78 is 0. The molecule has 0 radical (unpaired) electrons. The summed E-state index contributed by atoms with van der Waals surface area (Å²) in [7, 11) is 0. The summed E-state index contributed by atoms with van der Waals surface area (Å²) in [4.78, 5) is 38.1. The lowest BCUT2D eigenvalue weighted by atomic mass is 10.2. The van der Waals surface area contributed by atoms with Gasteiger partial charge in [-0.25, -0.2) is 0 Å². The number of hydrogen-bond donors (Lipinski definition) is 3. The number of rotatable bonds is 7. The van der Waals surface area contributed by atoms with Crippen molar-refractivity contribution in [1.29, 1.82) is 0 Å². The Morgan fingerprint density at radius 1 is 0.862 bits per heavy atom. The van der Waals surface area contributed by atoms with E-state index in [1.807, 2.05) is 11.8 Å². The van der Waals surface area contributed by atoms with Crippen molar-refractivity contribution in [1.82, 2.24) is 10.2 Å². The molecule has 7 heteroatoms. The predicted octanol–water partition coefficient (Wildman–Crippen LogP) is 2.72. The van der Waals surface area contributed by atoms with E-state index >= 15 is 0 Å². The molecule has 0 atom stereocenters. The largest absolute Gasteiger partial charge is 0.376 e. The van der Waals surface area contributed by atoms with Crippen LogP contribution < -0.4 is 16.0 Å². The molecule has 1 saturated heterocycles. The minimum Gasteiger partial charge on any atom is -0.376 e. The van der Waals surface area contributed by atoms with Gasteiger partial charge in [-0.15, -0.1) is 0 Å². The molecule has 1 heterocycles. The third-order valence-corrected chi connectivity index (χ3v) is 4.75. The highest BCUT2D eigenvalue weighted by molar-refractivity contribution is 5.97. The van der Waals surface area contributed by atoms with Gasteiger partial charge in [0.1, 0.15) is 0 Å². The van der Waals surface area contributed by atoms with Crippen LogP contribution in [0.5, 0.6) is 0 Å². The number of nitrogens with zero attached hydrogens (tertiary/aromatic N) is 1. The first-order chi connectivity index (χ1) is 14.1. The fourth-order valence-electron chi connectivity index (χ4n) is 3.19. The van der Waals surface area contributed by atoms with Gasteiger partial charge >= 0.3 is 0 Å². The van der Waals surface area contributed by atoms with E-state index in [-0.39, 0.29) is 24.3 Å². The molecule has 1 aliphatic rings. The van der Waals surface area contributed by atoms with Gasteiger partial charge in [-0.3, -0.25) is 14.4 Å². The second-order valence-electron chi connectivity index (χ2n) is 6.92. The summed E-state index contributed by atoms with van der Waals surface area (Å²) in [5.41, 5.74) is 2.60. The molecule has 152 valence electrons. The van der Waals surface area contributed by atoms with Crippen LogP contribution in [0.2, 0.25) is 0 Å². The molecule has 2 aromatic carbocycles. The fourth-order valence-corrected chi connectivity index (χ4v) is 3.19. The first kappa shape index (κ1) is 20.4. The van der Waals surface area contributed by atoms with Crippen molar-refractivity contribution in [3.8, 4) is 0 Å². The van der Waals surface area contributed by atoms with Gasteiger partial charge in [-0.05, 0) is 68.3 Å². The van der Waals surface area contributed by atoms with Crippen LogP contribution in [0.3, 0.4) is 0 Å². The van der Waals surface area contributed by atoms with Gasteiger partial charge in [-0.2, -0.15) is 0 Å². The van der Waals surface area contributed by atoms with Crippen LogP contribution >= 0.6 is 0 Å². The van der Waals surface area contributed by atoms with Crippen LogP contribution in [0.25, 0.3) is 0 Å². The fraction of sp³-hybridized carbons (Fsp3) is 0.318. The Balaban J connectivity index is 1.48. The highest BCUT2D eigenvalue weighted by atomic mass is 16.2. The highest BCUT2D eigenvalue weighted by Crippen LogP contribution is 2.15. The number of likely N-dealkylation sites (tertiary alicyclic amines) is 1. The van der Waals surface area contributed by atoms with E-state index in [9.17, 15) is 14.4 Å². The summed E-state index contributed by atoms with van der Waals surface area (Å²) >= 11 is 0. The number of carbonyl (C=O) groups is 3. The van der Waals surface area contributed by atoms with E-state index in [0.717, 1.165) is 31.6 Å². The summed E-state index contributed by atoms with van der Waals surface area (Å²) in [6.45, 7) is 4.16. The molecule has 0 aromatic heterocycles. The molecule has 0 unspecified atom stereocenters. The number of carbonyl (C=O) groups excluding carboxylic acids is 3. The third kappa shape index (κ3) is 5.57. The Kier molecular flexibility index (Phi) is 6.84. The van der Waals surface area contributed by atoms with E-state index in [0.29, 0.717) is 23.4 Å². The molecule has 3 N–H and O–H groups in total. The van der Waals surface area contributed by atoms with Crippen molar-refractivity contribution < 1.29 is 14.4 Å². The van der Waals surface area contributed by atoms with Gasteiger partial charge in [-0.1, -0.05) is 0 Å². The first-order valence-corrected chi connectivity index (χ1v) is 9.88. The Morgan fingerprint density at radius 2 is 1.45 bits per heavy atom. The topological polar surface area (TPSA) is 90.5 Å². The van der Waals surface area contributed by atoms with Crippen LogP contribution in [-0.2, 0) is 4.79 Å². The van der Waals surface area contributed by atoms with Crippen molar-refractivity contribution in [2.45, 2.75) is 19.8 Å². The lowest BCUT2D eigenvalue weighted by Gasteiger charge is -2.15. The van der Waals surface area contributed by atoms with Crippen molar-refractivity contribution in [3.63, 3.8) is 0 Å². The van der Waals surface area contributed by atoms with E-state index < -0.39 is 0 Å². The second kappa shape index (κ2) is 9.73. The Bertz CT molecular complexity index is 857. The minimum atomic E-state index is -0.198. The monoisotopic (exact) mass is 394 g/mol. The summed E-state index contributed by atoms with van der Waals surface area (Å²) in [6, 6.07) is 13.9. The van der Waals surface area contributed by atoms with Crippen LogP contribution in [-0.4, -0.2) is 48.8 Å². The van der Waals surface area contributed by atoms with Crippen LogP contribution in [0, 0.1) is 0 Å². The lowest BCUT2D eigenvalue weighted by Crippen LogP contribution is -2.27. The van der Waals surface area contributed by atoms with Gasteiger partial charge in [0.05, 0.1) is 6.54 Å². The minimum absolute atomic E-state index is 0.0399. The number of hydrogen-bond acceptors (Lipinski definition) is 4. The maximum atomic E-state index is 12.3. The highest BCUT2D eigenvalue weighted by Gasteiger charge is 2.19. The van der Waals surface area contributed by atoms with Gasteiger partial charge < -0.3 is 20.9 Å². The average Bonchev–Trinajstić information content (AvgIpc) is 3.28. The SMILES string of the molecule is CCNC(=O)c1ccc(NCC(=O)Nc2ccc(C(=O)N3CCCC3)cc2)cc1. The van der Waals surface area contributed by atoms with Gasteiger partial charge in [0.25, 0.3) is 11.8 Å². The Hall–Kier alpha value is -3.35. The van der Waals surface area contributed by atoms with Crippen molar-refractivity contribution in [3.05, 3.63) is 59.7 Å². The molecule has 0 saturated carbocycles. The molecule has 3 amide bonds. The maximum absolute atomic E-state index is 12.3. The van der Waals surface area contributed by atoms with E-state index in [2.05, 4.69) is 16.0 Å². The van der Waals surface area contributed by atoms with Gasteiger partial charge in [0, 0.05) is 42.1 Å². The molecule has 7 nitrogen and oxygen atoms in total. The molecule has 3 rings (SSSR count). The molecular weight excluding hydrogens is 368 g/mol. The third-order valence-electron chi connectivity index (χ3n) is 4.75. The van der Waals surface area contributed by atoms with E-state index in [4.69, 9.17) is 0 Å². The van der Waals surface area contributed by atoms with E-state index in [1.165, 1.54) is 0 Å². The summed E-state index contributed by atoms with van der Waals surface area (Å²) in [6.07, 6.45) is 2.11. The van der Waals surface area contributed by atoms with Gasteiger partial charge in [0.2, 0.25) is 5.91 Å². The Morgan fingerprint density at radius 3 is 2.07 bits per heavy atom. The maximum Gasteiger partial charge on any atom is 0.253 e. The number of nitrogens with one attached hydrogen (secondary N) is 3. The molecule has 0 aliphatic carbocycles. The molecule has 1 aliphatic heterocycles. The zero-order valence-electron chi connectivity index (χ0n) is 16.5. The van der Waals surface area contributed by atoms with Crippen LogP contribution in [0.1, 0.15) is 40.5 Å². The summed E-state index contributed by atoms with van der Waals surface area (Å²) in [5.74, 6) is -0.280. The van der Waals surface area contributed by atoms with Crippen molar-refractivity contribution in [2.24, 2.45) is 0 Å². The molecule has 0 spiro atoms. The number of anilines is 2. The second-order valence-corrected chi connectivity index (χ2v) is 6.92. The van der Waals surface area contributed by atoms with Gasteiger partial charge in [0.15, 0.2) is 0 Å². The normalized spacial score (nSPS) is 13.1. The van der Waals surface area contributed by atoms with Crippen molar-refractivity contribution >= 4 is 29.1 Å². The quantitative estimate of drug-likeness (QED) is 0.674. The zero-order valence-corrected chi connectivity index (χ0v) is 16.5. The summed E-state index contributed by atoms with van der Waals surface area (Å²) in [5, 5.41) is 8.57. The van der Waals surface area contributed by atoms with Crippen molar-refractivity contribution in [2.75, 3.05) is 36.8 Å². The Labute approximate surface area is 170 Å². The average molecular weight is 394 g/mol. The van der Waals surface area contributed by atoms with Crippen LogP contribution in [0.15, 0.2) is 48.5 Å². The smallest absolute Gasteiger partial charge is 0.253 e. The molecule has 2 aromatic rings. The zero-order chi connectivity index (χ0) is 20.6. The van der Waals surface area contributed by atoms with E-state index in [1.54, 1.807) is 48.5 Å². The standard InChI is InChI=1S/C22H26N4O3/c1-2-23-21(28)16-5-9-18(10-6-16)24-15-20(27)25-19-11-7-17(8-12-19)22(29)26-13-3-4-14-26/h5-12,24H,2-4,13-15H2,1H3,(H,23,28)(H,25,27).